The maximum absolute atomic E-state index is 10.5. The molecule has 0 radical (unpaired) electrons. The lowest BCUT2D eigenvalue weighted by molar-refractivity contribution is -0.112. The van der Waals surface area contributed by atoms with Gasteiger partial charge in [0.05, 0.1) is 6.61 Å². The molecule has 16 heavy (non-hydrogen) atoms. The van der Waals surface area contributed by atoms with Gasteiger partial charge in [0.25, 0.3) is 0 Å². The van der Waals surface area contributed by atoms with Gasteiger partial charge in [0, 0.05) is 26.1 Å². The quantitative estimate of drug-likeness (QED) is 0.428. The van der Waals surface area contributed by atoms with Crippen LogP contribution in [0.5, 0.6) is 0 Å². The first kappa shape index (κ1) is 15.3. The maximum atomic E-state index is 10.5. The van der Waals surface area contributed by atoms with Crippen LogP contribution in [0.3, 0.4) is 0 Å². The van der Waals surface area contributed by atoms with E-state index in [2.05, 4.69) is 6.92 Å². The maximum Gasteiger partial charge on any atom is 0.120 e. The number of aliphatic hydroxyl groups excluding tert-OH is 1. The van der Waals surface area contributed by atoms with Gasteiger partial charge in [0.1, 0.15) is 12.6 Å². The molecule has 4 nitrogen and oxygen atoms in total. The Balaban J connectivity index is 4.00. The molecule has 0 saturated heterocycles. The van der Waals surface area contributed by atoms with Crippen LogP contribution in [0, 0.1) is 11.8 Å². The highest BCUT2D eigenvalue weighted by Gasteiger charge is 2.20. The minimum absolute atomic E-state index is 0.0513. The third-order valence-electron chi connectivity index (χ3n) is 2.67. The van der Waals surface area contributed by atoms with Crippen molar-refractivity contribution in [2.75, 3.05) is 19.8 Å². The summed E-state index contributed by atoms with van der Waals surface area (Å²) in [5.41, 5.74) is 0. The molecule has 0 aliphatic heterocycles. The minimum Gasteiger partial charge on any atom is -0.396 e. The highest BCUT2D eigenvalue weighted by molar-refractivity contribution is 5.52. The molecule has 0 unspecified atom stereocenters. The van der Waals surface area contributed by atoms with Gasteiger partial charge in [-0.15, -0.1) is 0 Å². The number of carbonyl (C=O) groups excluding carboxylic acids is 2. The topological polar surface area (TPSA) is 63.6 Å². The zero-order chi connectivity index (χ0) is 12.2. The lowest BCUT2D eigenvalue weighted by atomic mass is 9.89. The highest BCUT2D eigenvalue weighted by Crippen LogP contribution is 2.18. The minimum atomic E-state index is -0.163. The van der Waals surface area contributed by atoms with Gasteiger partial charge in [-0.3, -0.25) is 0 Å². The summed E-state index contributed by atoms with van der Waals surface area (Å²) in [6.07, 6.45) is 4.28. The molecule has 0 aromatic rings. The molecule has 1 N–H and O–H groups in total. The normalized spacial score (nSPS) is 14.4. The molecule has 0 rings (SSSR count). The van der Waals surface area contributed by atoms with Gasteiger partial charge in [-0.2, -0.15) is 0 Å². The Morgan fingerprint density at radius 1 is 1.19 bits per heavy atom. The fourth-order valence-electron chi connectivity index (χ4n) is 1.54. The first-order valence-corrected chi connectivity index (χ1v) is 5.85. The van der Waals surface area contributed by atoms with E-state index >= 15 is 0 Å². The van der Waals surface area contributed by atoms with E-state index in [9.17, 15) is 9.59 Å². The summed E-state index contributed by atoms with van der Waals surface area (Å²) < 4.78 is 5.43. The SMILES string of the molecule is CCCCOC[C@@H](CC=O)[C@@H](CO)CC=O. The second kappa shape index (κ2) is 10.8. The molecule has 0 aromatic heterocycles. The molecule has 0 amide bonds. The van der Waals surface area contributed by atoms with Gasteiger partial charge in [-0.05, 0) is 18.3 Å². The van der Waals surface area contributed by atoms with Crippen molar-refractivity contribution in [1.82, 2.24) is 0 Å². The van der Waals surface area contributed by atoms with Gasteiger partial charge >= 0.3 is 0 Å². The Morgan fingerprint density at radius 2 is 1.81 bits per heavy atom. The van der Waals surface area contributed by atoms with Crippen LogP contribution in [-0.4, -0.2) is 37.5 Å². The van der Waals surface area contributed by atoms with Crippen molar-refractivity contribution >= 4 is 12.6 Å². The summed E-state index contributed by atoms with van der Waals surface area (Å²) in [6, 6.07) is 0. The van der Waals surface area contributed by atoms with Crippen LogP contribution >= 0.6 is 0 Å². The van der Waals surface area contributed by atoms with Crippen LogP contribution in [0.1, 0.15) is 32.6 Å². The van der Waals surface area contributed by atoms with Crippen molar-refractivity contribution in [3.05, 3.63) is 0 Å². The number of rotatable bonds is 11. The third kappa shape index (κ3) is 6.69. The third-order valence-corrected chi connectivity index (χ3v) is 2.67. The number of hydrogen-bond donors (Lipinski definition) is 1. The number of aliphatic hydroxyl groups is 1. The van der Waals surface area contributed by atoms with E-state index in [1.807, 2.05) is 0 Å². The summed E-state index contributed by atoms with van der Waals surface area (Å²) in [5.74, 6) is -0.214. The molecular weight excluding hydrogens is 208 g/mol. The fraction of sp³-hybridized carbons (Fsp3) is 0.833. The number of ether oxygens (including phenoxy) is 1. The first-order chi connectivity index (χ1) is 7.79. The van der Waals surface area contributed by atoms with Crippen LogP contribution in [0.4, 0.5) is 0 Å². The lowest BCUT2D eigenvalue weighted by Crippen LogP contribution is -2.24. The second-order valence-corrected chi connectivity index (χ2v) is 3.94. The molecule has 0 spiro atoms. The van der Waals surface area contributed by atoms with E-state index < -0.39 is 0 Å². The van der Waals surface area contributed by atoms with Crippen LogP contribution in [0.15, 0.2) is 0 Å². The summed E-state index contributed by atoms with van der Waals surface area (Å²) in [7, 11) is 0. The largest absolute Gasteiger partial charge is 0.396 e. The molecule has 4 heteroatoms. The van der Waals surface area contributed by atoms with E-state index in [1.165, 1.54) is 0 Å². The molecule has 94 valence electrons. The molecule has 0 aliphatic rings. The van der Waals surface area contributed by atoms with E-state index in [0.29, 0.717) is 19.6 Å². The van der Waals surface area contributed by atoms with Crippen molar-refractivity contribution in [2.24, 2.45) is 11.8 Å². The van der Waals surface area contributed by atoms with Crippen molar-refractivity contribution in [3.63, 3.8) is 0 Å². The Kier molecular flexibility index (Phi) is 10.3. The van der Waals surface area contributed by atoms with Crippen molar-refractivity contribution < 1.29 is 19.4 Å². The molecular formula is C12H22O4. The van der Waals surface area contributed by atoms with Crippen LogP contribution < -0.4 is 0 Å². The number of unbranched alkanes of at least 4 members (excludes halogenated alkanes) is 1. The Bertz CT molecular complexity index is 182. The van der Waals surface area contributed by atoms with Gasteiger partial charge in [0.2, 0.25) is 0 Å². The van der Waals surface area contributed by atoms with Gasteiger partial charge in [-0.25, -0.2) is 0 Å². The van der Waals surface area contributed by atoms with E-state index in [4.69, 9.17) is 9.84 Å². The average Bonchev–Trinajstić information content (AvgIpc) is 2.30. The van der Waals surface area contributed by atoms with Crippen molar-refractivity contribution in [2.45, 2.75) is 32.6 Å². The summed E-state index contributed by atoms with van der Waals surface area (Å²) in [5, 5.41) is 9.13. The van der Waals surface area contributed by atoms with Gasteiger partial charge < -0.3 is 19.4 Å². The average molecular weight is 230 g/mol. The second-order valence-electron chi connectivity index (χ2n) is 3.94. The Morgan fingerprint density at radius 3 is 2.31 bits per heavy atom. The Hall–Kier alpha value is -0.740. The molecule has 0 aromatic carbocycles. The van der Waals surface area contributed by atoms with E-state index in [-0.39, 0.29) is 24.9 Å². The Labute approximate surface area is 97.0 Å². The van der Waals surface area contributed by atoms with Crippen LogP contribution in [-0.2, 0) is 14.3 Å². The van der Waals surface area contributed by atoms with Crippen LogP contribution in [0.25, 0.3) is 0 Å². The molecule has 0 saturated carbocycles. The summed E-state index contributed by atoms with van der Waals surface area (Å²) >= 11 is 0. The predicted molar refractivity (Wildman–Crippen MR) is 61.2 cm³/mol. The van der Waals surface area contributed by atoms with E-state index in [0.717, 1.165) is 25.4 Å². The number of aldehydes is 2. The monoisotopic (exact) mass is 230 g/mol. The molecule has 0 heterocycles. The smallest absolute Gasteiger partial charge is 0.120 e. The van der Waals surface area contributed by atoms with Crippen LogP contribution in [0.2, 0.25) is 0 Å². The highest BCUT2D eigenvalue weighted by atomic mass is 16.5. The lowest BCUT2D eigenvalue weighted by Gasteiger charge is -2.22. The molecule has 0 bridgehead atoms. The summed E-state index contributed by atoms with van der Waals surface area (Å²) in [4.78, 5) is 20.9. The molecule has 0 fully saturated rings. The van der Waals surface area contributed by atoms with Crippen molar-refractivity contribution in [3.8, 4) is 0 Å². The van der Waals surface area contributed by atoms with E-state index in [1.54, 1.807) is 0 Å². The first-order valence-electron chi connectivity index (χ1n) is 5.85. The molecule has 2 atom stereocenters. The van der Waals surface area contributed by atoms with Gasteiger partial charge in [0.15, 0.2) is 0 Å². The predicted octanol–water partition coefficient (Wildman–Crippen LogP) is 1.21. The van der Waals surface area contributed by atoms with Crippen molar-refractivity contribution in [1.29, 1.82) is 0 Å². The standard InChI is InChI=1S/C12H22O4/c1-2-3-8-16-10-12(5-7-14)11(9-15)4-6-13/h6-7,11-12,15H,2-5,8-10H2,1H3/t11-,12-/m1/s1. The summed E-state index contributed by atoms with van der Waals surface area (Å²) in [6.45, 7) is 3.12. The number of hydrogen-bond acceptors (Lipinski definition) is 4. The zero-order valence-electron chi connectivity index (χ0n) is 9.93. The van der Waals surface area contributed by atoms with Gasteiger partial charge in [-0.1, -0.05) is 13.3 Å². The fourth-order valence-corrected chi connectivity index (χ4v) is 1.54. The molecule has 0 aliphatic carbocycles. The number of carbonyl (C=O) groups is 2. The zero-order valence-corrected chi connectivity index (χ0v) is 9.93.